The van der Waals surface area contributed by atoms with E-state index in [1.807, 2.05) is 26.0 Å². The van der Waals surface area contributed by atoms with Crippen molar-refractivity contribution in [2.24, 2.45) is 0 Å². The van der Waals surface area contributed by atoms with Gasteiger partial charge in [0, 0.05) is 13.1 Å². The van der Waals surface area contributed by atoms with Crippen molar-refractivity contribution < 1.29 is 13.5 Å². The molecule has 120 valence electrons. The largest absolute Gasteiger partial charge is 0.394 e. The standard InChI is InChI=1S/C15H26N2O3S/c1-6-16-12(2)13-7-9-14(10-8-13)21(19,20)17(5)15(3,4)11-18/h7-10,12,16,18H,6,11H2,1-5H3. The van der Waals surface area contributed by atoms with E-state index in [9.17, 15) is 13.5 Å². The first-order valence-corrected chi connectivity index (χ1v) is 8.54. The van der Waals surface area contributed by atoms with Gasteiger partial charge in [-0.25, -0.2) is 8.42 Å². The van der Waals surface area contributed by atoms with Crippen LogP contribution in [0.25, 0.3) is 0 Å². The van der Waals surface area contributed by atoms with E-state index in [0.29, 0.717) is 0 Å². The lowest BCUT2D eigenvalue weighted by Gasteiger charge is -2.32. The van der Waals surface area contributed by atoms with Crippen molar-refractivity contribution in [3.63, 3.8) is 0 Å². The SMILES string of the molecule is CCNC(C)c1ccc(S(=O)(=O)N(C)C(C)(C)CO)cc1. The fraction of sp³-hybridized carbons (Fsp3) is 0.600. The first-order valence-electron chi connectivity index (χ1n) is 7.10. The number of rotatable bonds is 7. The lowest BCUT2D eigenvalue weighted by atomic mass is 10.1. The third-order valence-electron chi connectivity index (χ3n) is 3.79. The highest BCUT2D eigenvalue weighted by molar-refractivity contribution is 7.89. The number of aliphatic hydroxyl groups excluding tert-OH is 1. The molecule has 0 aliphatic carbocycles. The van der Waals surface area contributed by atoms with Crippen LogP contribution in [-0.4, -0.2) is 43.6 Å². The summed E-state index contributed by atoms with van der Waals surface area (Å²) in [5, 5.41) is 12.6. The van der Waals surface area contributed by atoms with E-state index in [-0.39, 0.29) is 17.5 Å². The number of sulfonamides is 1. The highest BCUT2D eigenvalue weighted by atomic mass is 32.2. The number of likely N-dealkylation sites (N-methyl/N-ethyl adjacent to an activating group) is 1. The van der Waals surface area contributed by atoms with E-state index in [0.717, 1.165) is 12.1 Å². The molecule has 0 radical (unpaired) electrons. The molecular weight excluding hydrogens is 288 g/mol. The number of nitrogens with zero attached hydrogens (tertiary/aromatic N) is 1. The van der Waals surface area contributed by atoms with Gasteiger partial charge in [0.05, 0.1) is 17.0 Å². The van der Waals surface area contributed by atoms with Crippen LogP contribution < -0.4 is 5.32 Å². The molecule has 1 aromatic rings. The lowest BCUT2D eigenvalue weighted by Crippen LogP contribution is -2.47. The molecule has 1 atom stereocenters. The van der Waals surface area contributed by atoms with Gasteiger partial charge in [-0.05, 0) is 45.0 Å². The Labute approximate surface area is 128 Å². The monoisotopic (exact) mass is 314 g/mol. The Bertz CT molecular complexity index is 553. The van der Waals surface area contributed by atoms with Gasteiger partial charge in [-0.2, -0.15) is 4.31 Å². The number of hydrogen-bond donors (Lipinski definition) is 2. The van der Waals surface area contributed by atoms with Crippen LogP contribution in [0, 0.1) is 0 Å². The third-order valence-corrected chi connectivity index (χ3v) is 5.87. The van der Waals surface area contributed by atoms with E-state index in [1.165, 1.54) is 11.4 Å². The van der Waals surface area contributed by atoms with Crippen LogP contribution >= 0.6 is 0 Å². The van der Waals surface area contributed by atoms with Gasteiger partial charge >= 0.3 is 0 Å². The second-order valence-electron chi connectivity index (χ2n) is 5.79. The summed E-state index contributed by atoms with van der Waals surface area (Å²) >= 11 is 0. The zero-order chi connectivity index (χ0) is 16.3. The maximum atomic E-state index is 12.5. The van der Waals surface area contributed by atoms with Crippen LogP contribution in [0.2, 0.25) is 0 Å². The Hall–Kier alpha value is -0.950. The number of nitrogens with one attached hydrogen (secondary N) is 1. The molecule has 0 bridgehead atoms. The third kappa shape index (κ3) is 4.03. The van der Waals surface area contributed by atoms with Gasteiger partial charge in [0.25, 0.3) is 0 Å². The van der Waals surface area contributed by atoms with Crippen LogP contribution in [0.3, 0.4) is 0 Å². The van der Waals surface area contributed by atoms with Gasteiger partial charge in [-0.1, -0.05) is 19.1 Å². The maximum Gasteiger partial charge on any atom is 0.243 e. The Balaban J connectivity index is 3.06. The van der Waals surface area contributed by atoms with Gasteiger partial charge in [0.1, 0.15) is 0 Å². The van der Waals surface area contributed by atoms with Crippen molar-refractivity contribution in [1.82, 2.24) is 9.62 Å². The molecule has 0 heterocycles. The summed E-state index contributed by atoms with van der Waals surface area (Å²) in [5.41, 5.74) is 0.203. The number of aliphatic hydroxyl groups is 1. The Morgan fingerprint density at radius 2 is 1.81 bits per heavy atom. The van der Waals surface area contributed by atoms with Crippen LogP contribution in [0.5, 0.6) is 0 Å². The second-order valence-corrected chi connectivity index (χ2v) is 7.76. The summed E-state index contributed by atoms with van der Waals surface area (Å²) in [7, 11) is -2.12. The first-order chi connectivity index (χ1) is 9.66. The molecular formula is C15H26N2O3S. The zero-order valence-corrected chi connectivity index (χ0v) is 14.2. The molecule has 0 saturated carbocycles. The minimum absolute atomic E-state index is 0.179. The second kappa shape index (κ2) is 6.87. The van der Waals surface area contributed by atoms with Crippen molar-refractivity contribution in [1.29, 1.82) is 0 Å². The zero-order valence-electron chi connectivity index (χ0n) is 13.4. The summed E-state index contributed by atoms with van der Waals surface area (Å²) in [5.74, 6) is 0. The van der Waals surface area contributed by atoms with Gasteiger partial charge in [0.2, 0.25) is 10.0 Å². The van der Waals surface area contributed by atoms with E-state index in [4.69, 9.17) is 0 Å². The summed E-state index contributed by atoms with van der Waals surface area (Å²) < 4.78 is 26.3. The number of benzene rings is 1. The van der Waals surface area contributed by atoms with E-state index >= 15 is 0 Å². The molecule has 0 aromatic heterocycles. The average Bonchev–Trinajstić information content (AvgIpc) is 2.46. The fourth-order valence-corrected chi connectivity index (χ4v) is 3.44. The van der Waals surface area contributed by atoms with Crippen LogP contribution in [-0.2, 0) is 10.0 Å². The molecule has 1 unspecified atom stereocenters. The van der Waals surface area contributed by atoms with E-state index in [2.05, 4.69) is 5.32 Å². The molecule has 1 aromatic carbocycles. The molecule has 1 rings (SSSR count). The van der Waals surface area contributed by atoms with Gasteiger partial charge in [-0.15, -0.1) is 0 Å². The van der Waals surface area contributed by atoms with E-state index < -0.39 is 15.6 Å². The summed E-state index contributed by atoms with van der Waals surface area (Å²) in [4.78, 5) is 0.235. The van der Waals surface area contributed by atoms with Crippen molar-refractivity contribution in [2.45, 2.75) is 44.2 Å². The minimum atomic E-state index is -3.61. The highest BCUT2D eigenvalue weighted by Crippen LogP contribution is 2.23. The Morgan fingerprint density at radius 1 is 1.29 bits per heavy atom. The Kier molecular flexibility index (Phi) is 5.92. The first kappa shape index (κ1) is 18.1. The topological polar surface area (TPSA) is 69.6 Å². The normalized spacial score (nSPS) is 14.4. The van der Waals surface area contributed by atoms with Crippen LogP contribution in [0.4, 0.5) is 0 Å². The molecule has 0 fully saturated rings. The van der Waals surface area contributed by atoms with Crippen LogP contribution in [0.1, 0.15) is 39.3 Å². The molecule has 0 aliphatic heterocycles. The molecule has 2 N–H and O–H groups in total. The predicted molar refractivity (Wildman–Crippen MR) is 84.6 cm³/mol. The molecule has 5 nitrogen and oxygen atoms in total. The van der Waals surface area contributed by atoms with Crippen molar-refractivity contribution >= 4 is 10.0 Å². The van der Waals surface area contributed by atoms with Crippen molar-refractivity contribution in [3.8, 4) is 0 Å². The molecule has 0 spiro atoms. The minimum Gasteiger partial charge on any atom is -0.394 e. The molecule has 6 heteroatoms. The van der Waals surface area contributed by atoms with Gasteiger partial charge in [-0.3, -0.25) is 0 Å². The molecule has 0 amide bonds. The smallest absolute Gasteiger partial charge is 0.243 e. The van der Waals surface area contributed by atoms with Crippen molar-refractivity contribution in [2.75, 3.05) is 20.2 Å². The summed E-state index contributed by atoms with van der Waals surface area (Å²) in [6.07, 6.45) is 0. The summed E-state index contributed by atoms with van der Waals surface area (Å²) in [6, 6.07) is 7.05. The number of hydrogen-bond acceptors (Lipinski definition) is 4. The van der Waals surface area contributed by atoms with Crippen LogP contribution in [0.15, 0.2) is 29.2 Å². The Morgan fingerprint density at radius 3 is 2.24 bits per heavy atom. The van der Waals surface area contributed by atoms with Gasteiger partial charge < -0.3 is 10.4 Å². The quantitative estimate of drug-likeness (QED) is 0.804. The molecule has 21 heavy (non-hydrogen) atoms. The fourth-order valence-electron chi connectivity index (χ4n) is 1.94. The lowest BCUT2D eigenvalue weighted by molar-refractivity contribution is 0.138. The van der Waals surface area contributed by atoms with Crippen molar-refractivity contribution in [3.05, 3.63) is 29.8 Å². The maximum absolute atomic E-state index is 12.5. The predicted octanol–water partition coefficient (Wildman–Crippen LogP) is 1.75. The highest BCUT2D eigenvalue weighted by Gasteiger charge is 2.33. The molecule has 0 aliphatic rings. The average molecular weight is 314 g/mol. The summed E-state index contributed by atoms with van der Waals surface area (Å²) in [6.45, 7) is 8.06. The molecule has 0 saturated heterocycles. The van der Waals surface area contributed by atoms with Gasteiger partial charge in [0.15, 0.2) is 0 Å². The van der Waals surface area contributed by atoms with E-state index in [1.54, 1.807) is 26.0 Å².